The zero-order valence-corrected chi connectivity index (χ0v) is 11.8. The highest BCUT2D eigenvalue weighted by atomic mass is 32.2. The van der Waals surface area contributed by atoms with Crippen LogP contribution in [0.2, 0.25) is 0 Å². The van der Waals surface area contributed by atoms with Gasteiger partial charge in [0.05, 0.1) is 32.0 Å². The van der Waals surface area contributed by atoms with E-state index < -0.39 is 16.0 Å². The second-order valence-corrected chi connectivity index (χ2v) is 5.87. The zero-order chi connectivity index (χ0) is 14.6. The van der Waals surface area contributed by atoms with Gasteiger partial charge in [0.15, 0.2) is 5.78 Å². The van der Waals surface area contributed by atoms with E-state index in [-0.39, 0.29) is 18.7 Å². The molecule has 0 saturated heterocycles. The van der Waals surface area contributed by atoms with Crippen molar-refractivity contribution in [1.29, 1.82) is 0 Å². The normalized spacial score (nSPS) is 11.3. The lowest BCUT2D eigenvalue weighted by atomic mass is 10.3. The molecule has 0 aliphatic carbocycles. The molecule has 0 radical (unpaired) electrons. The standard InChI is InChI=1S/C11H16N2O5S/c1-13-8(6-11(15)18-2)4-5-9(13)10(14)7-12-19(3,16)17/h4-5,12H,6-7H2,1-3H3. The number of aromatic nitrogens is 1. The van der Waals surface area contributed by atoms with Gasteiger partial charge in [0.25, 0.3) is 0 Å². The molecule has 0 aliphatic rings. The SMILES string of the molecule is COC(=O)Cc1ccc(C(=O)CNS(C)(=O)=O)n1C. The second-order valence-electron chi connectivity index (χ2n) is 4.04. The van der Waals surface area contributed by atoms with E-state index in [1.165, 1.54) is 7.11 Å². The summed E-state index contributed by atoms with van der Waals surface area (Å²) >= 11 is 0. The van der Waals surface area contributed by atoms with Gasteiger partial charge in [-0.2, -0.15) is 0 Å². The summed E-state index contributed by atoms with van der Waals surface area (Å²) in [5.74, 6) is -0.779. The van der Waals surface area contributed by atoms with Gasteiger partial charge in [-0.1, -0.05) is 0 Å². The first-order chi connectivity index (χ1) is 8.74. The fraction of sp³-hybridized carbons (Fsp3) is 0.455. The van der Waals surface area contributed by atoms with Crippen molar-refractivity contribution in [2.75, 3.05) is 19.9 Å². The molecule has 106 valence electrons. The Hall–Kier alpha value is -1.67. The van der Waals surface area contributed by atoms with Gasteiger partial charge < -0.3 is 9.30 Å². The number of hydrogen-bond acceptors (Lipinski definition) is 5. The number of ether oxygens (including phenoxy) is 1. The van der Waals surface area contributed by atoms with Crippen LogP contribution in [0, 0.1) is 0 Å². The monoisotopic (exact) mass is 288 g/mol. The number of ketones is 1. The first kappa shape index (κ1) is 15.4. The van der Waals surface area contributed by atoms with Gasteiger partial charge in [-0.05, 0) is 12.1 Å². The Kier molecular flexibility index (Phi) is 4.84. The third-order valence-electron chi connectivity index (χ3n) is 2.56. The number of nitrogens with one attached hydrogen (secondary N) is 1. The van der Waals surface area contributed by atoms with Crippen molar-refractivity contribution in [2.24, 2.45) is 7.05 Å². The summed E-state index contributed by atoms with van der Waals surface area (Å²) in [4.78, 5) is 23.0. The summed E-state index contributed by atoms with van der Waals surface area (Å²) < 4.78 is 30.0. The third-order valence-corrected chi connectivity index (χ3v) is 3.23. The van der Waals surface area contributed by atoms with E-state index in [1.807, 2.05) is 0 Å². The molecule has 0 saturated carbocycles. The summed E-state index contributed by atoms with van der Waals surface area (Å²) in [6, 6.07) is 3.18. The van der Waals surface area contributed by atoms with Crippen LogP contribution in [-0.4, -0.2) is 44.6 Å². The van der Waals surface area contributed by atoms with Crippen LogP contribution >= 0.6 is 0 Å². The molecule has 7 nitrogen and oxygen atoms in total. The van der Waals surface area contributed by atoms with E-state index in [0.29, 0.717) is 11.4 Å². The van der Waals surface area contributed by atoms with Gasteiger partial charge >= 0.3 is 5.97 Å². The maximum Gasteiger partial charge on any atom is 0.311 e. The Balaban J connectivity index is 2.80. The van der Waals surface area contributed by atoms with E-state index in [4.69, 9.17) is 0 Å². The molecular formula is C11H16N2O5S. The number of methoxy groups -OCH3 is 1. The van der Waals surface area contributed by atoms with Crippen molar-refractivity contribution < 1.29 is 22.7 Å². The fourth-order valence-corrected chi connectivity index (χ4v) is 1.91. The number of esters is 1. The highest BCUT2D eigenvalue weighted by Crippen LogP contribution is 2.09. The maximum atomic E-state index is 11.8. The fourth-order valence-electron chi connectivity index (χ4n) is 1.52. The number of rotatable bonds is 6. The number of sulfonamides is 1. The van der Waals surface area contributed by atoms with Gasteiger partial charge in [0.2, 0.25) is 10.0 Å². The summed E-state index contributed by atoms with van der Waals surface area (Å²) in [5.41, 5.74) is 0.949. The molecule has 1 heterocycles. The molecule has 0 atom stereocenters. The van der Waals surface area contributed by atoms with Crippen LogP contribution in [0.4, 0.5) is 0 Å². The van der Waals surface area contributed by atoms with Gasteiger partial charge in [-0.25, -0.2) is 13.1 Å². The first-order valence-corrected chi connectivity index (χ1v) is 7.33. The van der Waals surface area contributed by atoms with Crippen LogP contribution in [0.15, 0.2) is 12.1 Å². The van der Waals surface area contributed by atoms with E-state index >= 15 is 0 Å². The molecule has 19 heavy (non-hydrogen) atoms. The summed E-state index contributed by atoms with van der Waals surface area (Å²) in [7, 11) is -0.494. The summed E-state index contributed by atoms with van der Waals surface area (Å²) in [6.07, 6.45) is 1.04. The Morgan fingerprint density at radius 1 is 1.37 bits per heavy atom. The second kappa shape index (κ2) is 5.98. The molecule has 0 bridgehead atoms. The lowest BCUT2D eigenvalue weighted by Gasteiger charge is -2.06. The van der Waals surface area contributed by atoms with E-state index in [1.54, 1.807) is 23.7 Å². The smallest absolute Gasteiger partial charge is 0.311 e. The molecule has 0 unspecified atom stereocenters. The minimum absolute atomic E-state index is 0.0553. The third kappa shape index (κ3) is 4.49. The Morgan fingerprint density at radius 2 is 2.00 bits per heavy atom. The van der Waals surface area contributed by atoms with Crippen molar-refractivity contribution in [3.63, 3.8) is 0 Å². The molecule has 8 heteroatoms. The molecule has 1 rings (SSSR count). The quantitative estimate of drug-likeness (QED) is 0.561. The molecule has 0 spiro atoms. The minimum Gasteiger partial charge on any atom is -0.469 e. The van der Waals surface area contributed by atoms with Gasteiger partial charge in [0, 0.05) is 12.7 Å². The van der Waals surface area contributed by atoms with Crippen LogP contribution in [0.1, 0.15) is 16.2 Å². The van der Waals surface area contributed by atoms with Crippen LogP contribution in [0.3, 0.4) is 0 Å². The predicted octanol–water partition coefficient (Wildman–Crippen LogP) is -0.527. The van der Waals surface area contributed by atoms with Gasteiger partial charge in [-0.3, -0.25) is 9.59 Å². The molecule has 0 fully saturated rings. The lowest BCUT2D eigenvalue weighted by molar-refractivity contribution is -0.139. The van der Waals surface area contributed by atoms with Crippen molar-refractivity contribution in [3.8, 4) is 0 Å². The van der Waals surface area contributed by atoms with E-state index in [0.717, 1.165) is 6.26 Å². The molecule has 0 amide bonds. The Morgan fingerprint density at radius 3 is 2.53 bits per heavy atom. The lowest BCUT2D eigenvalue weighted by Crippen LogP contribution is -2.29. The average molecular weight is 288 g/mol. The van der Waals surface area contributed by atoms with Crippen molar-refractivity contribution in [1.82, 2.24) is 9.29 Å². The Bertz CT molecular complexity index is 588. The predicted molar refractivity (Wildman–Crippen MR) is 68.3 cm³/mol. The van der Waals surface area contributed by atoms with Crippen LogP contribution in [0.25, 0.3) is 0 Å². The van der Waals surface area contributed by atoms with Crippen molar-refractivity contribution in [3.05, 3.63) is 23.5 Å². The summed E-state index contributed by atoms with van der Waals surface area (Å²) in [5, 5.41) is 0. The van der Waals surface area contributed by atoms with Gasteiger partial charge in [0.1, 0.15) is 0 Å². The number of carbonyl (C=O) groups excluding carboxylic acids is 2. The van der Waals surface area contributed by atoms with E-state index in [2.05, 4.69) is 9.46 Å². The van der Waals surface area contributed by atoms with Crippen molar-refractivity contribution in [2.45, 2.75) is 6.42 Å². The average Bonchev–Trinajstić information content (AvgIpc) is 2.67. The first-order valence-electron chi connectivity index (χ1n) is 5.44. The maximum absolute atomic E-state index is 11.8. The number of nitrogens with zero attached hydrogens (tertiary/aromatic N) is 1. The highest BCUT2D eigenvalue weighted by molar-refractivity contribution is 7.88. The van der Waals surface area contributed by atoms with Crippen molar-refractivity contribution >= 4 is 21.8 Å². The molecular weight excluding hydrogens is 272 g/mol. The minimum atomic E-state index is -3.41. The largest absolute Gasteiger partial charge is 0.469 e. The van der Waals surface area contributed by atoms with Crippen LogP contribution in [-0.2, 0) is 33.0 Å². The van der Waals surface area contributed by atoms with Gasteiger partial charge in [-0.15, -0.1) is 0 Å². The number of Topliss-reactive ketones (excluding diaryl/α,β-unsaturated/α-hetero) is 1. The molecule has 1 aromatic heterocycles. The highest BCUT2D eigenvalue weighted by Gasteiger charge is 2.15. The molecule has 0 aliphatic heterocycles. The number of hydrogen-bond donors (Lipinski definition) is 1. The molecule has 0 aromatic carbocycles. The van der Waals surface area contributed by atoms with E-state index in [9.17, 15) is 18.0 Å². The van der Waals surface area contributed by atoms with Crippen LogP contribution in [0.5, 0.6) is 0 Å². The number of carbonyl (C=O) groups is 2. The van der Waals surface area contributed by atoms with Crippen LogP contribution < -0.4 is 4.72 Å². The Labute approximate surface area is 111 Å². The molecule has 1 N–H and O–H groups in total. The molecule has 1 aromatic rings. The topological polar surface area (TPSA) is 94.5 Å². The zero-order valence-electron chi connectivity index (χ0n) is 11.0. The summed E-state index contributed by atoms with van der Waals surface area (Å²) in [6.45, 7) is -0.311.